The molecule has 0 bridgehead atoms. The summed E-state index contributed by atoms with van der Waals surface area (Å²) in [5.74, 6) is 0. The lowest BCUT2D eigenvalue weighted by Gasteiger charge is -2.53. The molecule has 0 amide bonds. The zero-order valence-electron chi connectivity index (χ0n) is 51.5. The summed E-state index contributed by atoms with van der Waals surface area (Å²) in [6.07, 6.45) is 4.76. The van der Waals surface area contributed by atoms with E-state index >= 15 is 0 Å². The predicted octanol–water partition coefficient (Wildman–Crippen LogP) is 20.4. The first-order valence-electron chi connectivity index (χ1n) is 30.7. The van der Waals surface area contributed by atoms with Gasteiger partial charge in [-0.2, -0.15) is 0 Å². The van der Waals surface area contributed by atoms with Crippen molar-refractivity contribution >= 4 is 100 Å². The Morgan fingerprint density at radius 3 is 1.70 bits per heavy atom. The first-order chi connectivity index (χ1) is 39.4. The number of hydrogen-bond donors (Lipinski definition) is 0. The van der Waals surface area contributed by atoms with Gasteiger partial charge in [0.05, 0.1) is 11.2 Å². The SMILES string of the molecule is CC(C)(C)c1ccc(N(c2ccc(C(C)(C)C)cc2)c2ccc3c(c2)N(c2ccc(C(C)(C)C)cc2-c2ccccc2)c2cc(-c4cccc5sc6ccccc6c45)cc4c2B3c2cc(C(C)(C)C)cc3c2N4C2(C)CCCCC32C)cc1. The highest BCUT2D eigenvalue weighted by molar-refractivity contribution is 7.26. The summed E-state index contributed by atoms with van der Waals surface area (Å²) in [4.78, 5) is 8.15. The van der Waals surface area contributed by atoms with Crippen molar-refractivity contribution in [2.45, 2.75) is 155 Å². The van der Waals surface area contributed by atoms with Crippen LogP contribution in [0.25, 0.3) is 42.4 Å². The molecule has 5 heteroatoms. The third-order valence-corrected chi connectivity index (χ3v) is 21.2. The zero-order valence-corrected chi connectivity index (χ0v) is 52.3. The number of fused-ring (bicyclic) bond motifs is 10. The second-order valence-electron chi connectivity index (χ2n) is 29.4. The molecule has 4 aliphatic rings. The largest absolute Gasteiger partial charge is 0.335 e. The van der Waals surface area contributed by atoms with Gasteiger partial charge in [-0.15, -0.1) is 11.3 Å². The number of nitrogens with zero attached hydrogens (tertiary/aromatic N) is 3. The Morgan fingerprint density at radius 1 is 0.446 bits per heavy atom. The summed E-state index contributed by atoms with van der Waals surface area (Å²) < 4.78 is 2.65. The lowest BCUT2D eigenvalue weighted by atomic mass is 9.33. The molecule has 9 aromatic carbocycles. The Morgan fingerprint density at radius 2 is 1.04 bits per heavy atom. The summed E-state index contributed by atoms with van der Waals surface area (Å²) in [5.41, 5.74) is 25.6. The number of anilines is 8. The highest BCUT2D eigenvalue weighted by atomic mass is 32.1. The van der Waals surface area contributed by atoms with Gasteiger partial charge in [-0.05, 0) is 175 Å². The molecule has 1 saturated carbocycles. The molecule has 3 nitrogen and oxygen atoms in total. The van der Waals surface area contributed by atoms with Gasteiger partial charge in [-0.1, -0.05) is 212 Å². The second-order valence-corrected chi connectivity index (χ2v) is 30.4. The van der Waals surface area contributed by atoms with Crippen LogP contribution in [0.15, 0.2) is 182 Å². The summed E-state index contributed by atoms with van der Waals surface area (Å²) >= 11 is 1.91. The molecule has 4 heterocycles. The van der Waals surface area contributed by atoms with Crippen LogP contribution < -0.4 is 31.1 Å². The van der Waals surface area contributed by atoms with Crippen molar-refractivity contribution in [3.63, 3.8) is 0 Å². The van der Waals surface area contributed by atoms with E-state index < -0.39 is 0 Å². The number of thiophene rings is 1. The molecule has 1 aliphatic carbocycles. The van der Waals surface area contributed by atoms with E-state index in [0.29, 0.717) is 0 Å². The van der Waals surface area contributed by atoms with E-state index in [0.717, 1.165) is 23.5 Å². The van der Waals surface area contributed by atoms with Crippen LogP contribution in [-0.4, -0.2) is 12.3 Å². The summed E-state index contributed by atoms with van der Waals surface area (Å²) in [5, 5.41) is 2.67. The van der Waals surface area contributed by atoms with Crippen LogP contribution in [0, 0.1) is 0 Å². The van der Waals surface area contributed by atoms with Gasteiger partial charge in [0.2, 0.25) is 0 Å². The van der Waals surface area contributed by atoms with Gasteiger partial charge < -0.3 is 14.7 Å². The van der Waals surface area contributed by atoms with Crippen molar-refractivity contribution in [1.29, 1.82) is 0 Å². The Labute approximate surface area is 499 Å². The molecule has 0 saturated heterocycles. The quantitative estimate of drug-likeness (QED) is 0.154. The van der Waals surface area contributed by atoms with Gasteiger partial charge in [0.1, 0.15) is 0 Å². The third-order valence-electron chi connectivity index (χ3n) is 20.0. The first-order valence-corrected chi connectivity index (χ1v) is 31.5. The van der Waals surface area contributed by atoms with Crippen molar-refractivity contribution in [2.24, 2.45) is 0 Å². The summed E-state index contributed by atoms with van der Waals surface area (Å²) in [6, 6.07) is 71.5. The standard InChI is InChI=1S/C78H80BN3S/c1-73(2,3)51-29-34-55(35-30-51)80(56-36-31-52(32-37-56)74(4,5)6)57-38-39-62-65(48-57)81(64-40-33-53(75(7,8)9)45-60(64)49-23-16-15-17-24-49)66-43-50(58-26-22-28-69-70(58)59-25-18-19-27-68(59)83-69)44-67-71(66)79(62)63-47-54(76(10,11)12)46-61-72(63)82(67)78(14)42-21-20-41-77(61,78)13/h15-19,22-40,43-48H,20-21,41-42H2,1-14H3. The highest BCUT2D eigenvalue weighted by Gasteiger charge is 2.61. The van der Waals surface area contributed by atoms with Crippen molar-refractivity contribution < 1.29 is 0 Å². The molecule has 0 radical (unpaired) electrons. The lowest BCUT2D eigenvalue weighted by Crippen LogP contribution is -2.64. The monoisotopic (exact) mass is 1100 g/mol. The minimum absolute atomic E-state index is 0.0167. The molecule has 3 aliphatic heterocycles. The summed E-state index contributed by atoms with van der Waals surface area (Å²) in [7, 11) is 0. The highest BCUT2D eigenvalue weighted by Crippen LogP contribution is 2.63. The Kier molecular flexibility index (Phi) is 12.0. The van der Waals surface area contributed by atoms with Gasteiger partial charge in [0.25, 0.3) is 6.71 Å². The van der Waals surface area contributed by atoms with Crippen LogP contribution in [-0.2, 0) is 27.1 Å². The van der Waals surface area contributed by atoms with E-state index in [4.69, 9.17) is 0 Å². The predicted molar refractivity (Wildman–Crippen MR) is 362 cm³/mol. The molecule has 14 rings (SSSR count). The molecule has 1 aromatic heterocycles. The fourth-order valence-corrected chi connectivity index (χ4v) is 16.2. The van der Waals surface area contributed by atoms with E-state index in [1.165, 1.54) is 129 Å². The van der Waals surface area contributed by atoms with Crippen molar-refractivity contribution in [3.05, 3.63) is 210 Å². The smallest absolute Gasteiger partial charge is 0.252 e. The van der Waals surface area contributed by atoms with Gasteiger partial charge in [0, 0.05) is 71.0 Å². The van der Waals surface area contributed by atoms with Gasteiger partial charge in [-0.25, -0.2) is 0 Å². The van der Waals surface area contributed by atoms with Crippen molar-refractivity contribution in [2.75, 3.05) is 14.7 Å². The number of hydrogen-bond acceptors (Lipinski definition) is 4. The van der Waals surface area contributed by atoms with Crippen LogP contribution in [0.2, 0.25) is 0 Å². The average molecular weight is 1100 g/mol. The molecular weight excluding hydrogens is 1020 g/mol. The van der Waals surface area contributed by atoms with Crippen LogP contribution >= 0.6 is 11.3 Å². The van der Waals surface area contributed by atoms with Crippen LogP contribution in [0.1, 0.15) is 150 Å². The minimum Gasteiger partial charge on any atom is -0.335 e. The van der Waals surface area contributed by atoms with Crippen molar-refractivity contribution in [1.82, 2.24) is 0 Å². The molecule has 1 fully saturated rings. The molecule has 2 atom stereocenters. The normalized spacial score (nSPS) is 18.3. The van der Waals surface area contributed by atoms with E-state index in [9.17, 15) is 0 Å². The van der Waals surface area contributed by atoms with Crippen LogP contribution in [0.3, 0.4) is 0 Å². The van der Waals surface area contributed by atoms with Gasteiger partial charge in [0.15, 0.2) is 0 Å². The molecular formula is C78H80BN3S. The Balaban J connectivity index is 1.13. The van der Waals surface area contributed by atoms with E-state index in [1.807, 2.05) is 11.3 Å². The fraction of sp³-hybridized carbons (Fsp3) is 0.308. The molecule has 83 heavy (non-hydrogen) atoms. The molecule has 2 unspecified atom stereocenters. The van der Waals surface area contributed by atoms with Gasteiger partial charge >= 0.3 is 0 Å². The van der Waals surface area contributed by atoms with E-state index in [2.05, 4.69) is 294 Å². The Bertz CT molecular complexity index is 4180. The maximum Gasteiger partial charge on any atom is 0.252 e. The lowest BCUT2D eigenvalue weighted by molar-refractivity contribution is 0.195. The van der Waals surface area contributed by atoms with Crippen LogP contribution in [0.4, 0.5) is 45.5 Å². The molecule has 416 valence electrons. The van der Waals surface area contributed by atoms with Gasteiger partial charge in [-0.3, -0.25) is 0 Å². The average Bonchev–Trinajstić information content (AvgIpc) is 1.59. The van der Waals surface area contributed by atoms with E-state index in [1.54, 1.807) is 5.56 Å². The molecule has 0 spiro atoms. The molecule has 0 N–H and O–H groups in total. The topological polar surface area (TPSA) is 9.72 Å². The van der Waals surface area contributed by atoms with Crippen molar-refractivity contribution in [3.8, 4) is 22.3 Å². The van der Waals surface area contributed by atoms with E-state index in [-0.39, 0.29) is 39.3 Å². The first kappa shape index (κ1) is 53.7. The maximum absolute atomic E-state index is 2.93. The van der Waals surface area contributed by atoms with Crippen LogP contribution in [0.5, 0.6) is 0 Å². The summed E-state index contributed by atoms with van der Waals surface area (Å²) in [6.45, 7) is 33.4. The second kappa shape index (κ2) is 18.6. The third kappa shape index (κ3) is 8.32. The number of benzene rings is 9. The minimum atomic E-state index is -0.151. The fourth-order valence-electron chi connectivity index (χ4n) is 15.0. The maximum atomic E-state index is 2.93. The zero-order chi connectivity index (χ0) is 57.9. The number of rotatable bonds is 6. The molecule has 10 aromatic rings. The Hall–Kier alpha value is -7.34.